The number of nitrogens with two attached hydrogens (primary N) is 1. The molecule has 0 bridgehead atoms. The lowest BCUT2D eigenvalue weighted by atomic mass is 10.1. The van der Waals surface area contributed by atoms with Crippen LogP contribution in [0, 0.1) is 13.8 Å². The molecule has 2 rings (SSSR count). The largest absolute Gasteiger partial charge is 0.328 e. The third-order valence-corrected chi connectivity index (χ3v) is 3.18. The summed E-state index contributed by atoms with van der Waals surface area (Å²) in [5, 5.41) is 5.19. The lowest BCUT2D eigenvalue weighted by Gasteiger charge is -2.10. The molecule has 0 aliphatic heterocycles. The molecule has 0 aliphatic carbocycles. The fraction of sp³-hybridized carbons (Fsp3) is 0.357. The molecule has 1 aromatic heterocycles. The number of nitrogens with zero attached hydrogens (tertiary/aromatic N) is 2. The van der Waals surface area contributed by atoms with Crippen molar-refractivity contribution in [2.75, 3.05) is 0 Å². The monoisotopic (exact) mass is 263 g/mol. The van der Waals surface area contributed by atoms with Gasteiger partial charge in [-0.3, -0.25) is 0 Å². The van der Waals surface area contributed by atoms with Crippen molar-refractivity contribution in [3.63, 3.8) is 0 Å². The van der Waals surface area contributed by atoms with Gasteiger partial charge in [0.1, 0.15) is 0 Å². The zero-order valence-corrected chi connectivity index (χ0v) is 11.7. The number of hydrogen-bond acceptors (Lipinski definition) is 2. The summed E-state index contributed by atoms with van der Waals surface area (Å²) in [6.45, 7) is 5.99. The van der Waals surface area contributed by atoms with Crippen LogP contribution in [0.15, 0.2) is 24.3 Å². The summed E-state index contributed by atoms with van der Waals surface area (Å²) in [7, 11) is 0. The van der Waals surface area contributed by atoms with Crippen molar-refractivity contribution >= 4 is 11.6 Å². The molecule has 0 saturated carbocycles. The average Bonchev–Trinajstić information content (AvgIpc) is 2.60. The smallest absolute Gasteiger partial charge is 0.0663 e. The SMILES string of the molecule is Cc1cc(C)n(-c2ccc(CC(C)N)c(Cl)c2)n1. The molecule has 1 aromatic carbocycles. The molecule has 18 heavy (non-hydrogen) atoms. The maximum atomic E-state index is 6.29. The standard InChI is InChI=1S/C14H18ClN3/c1-9(16)6-12-4-5-13(8-14(12)15)18-11(3)7-10(2)17-18/h4-5,7-9H,6,16H2,1-3H3. The van der Waals surface area contributed by atoms with E-state index in [0.29, 0.717) is 0 Å². The summed E-state index contributed by atoms with van der Waals surface area (Å²) in [5.74, 6) is 0. The van der Waals surface area contributed by atoms with Gasteiger partial charge in [0.25, 0.3) is 0 Å². The van der Waals surface area contributed by atoms with Crippen LogP contribution in [0.2, 0.25) is 5.02 Å². The second-order valence-electron chi connectivity index (χ2n) is 4.80. The molecular formula is C14H18ClN3. The molecule has 0 fully saturated rings. The Kier molecular flexibility index (Phi) is 3.73. The summed E-state index contributed by atoms with van der Waals surface area (Å²) in [6, 6.07) is 8.16. The molecule has 4 heteroatoms. The average molecular weight is 264 g/mol. The molecular weight excluding hydrogens is 246 g/mol. The van der Waals surface area contributed by atoms with Gasteiger partial charge in [-0.25, -0.2) is 4.68 Å². The number of aromatic nitrogens is 2. The van der Waals surface area contributed by atoms with Crippen LogP contribution in [0.5, 0.6) is 0 Å². The van der Waals surface area contributed by atoms with Gasteiger partial charge in [0.15, 0.2) is 0 Å². The molecule has 0 spiro atoms. The third kappa shape index (κ3) is 2.74. The maximum absolute atomic E-state index is 6.29. The Bertz CT molecular complexity index is 558. The van der Waals surface area contributed by atoms with Crippen molar-refractivity contribution in [3.8, 4) is 5.69 Å². The summed E-state index contributed by atoms with van der Waals surface area (Å²) in [5.41, 5.74) is 9.96. The van der Waals surface area contributed by atoms with Crippen LogP contribution < -0.4 is 5.73 Å². The van der Waals surface area contributed by atoms with Crippen molar-refractivity contribution in [1.82, 2.24) is 9.78 Å². The minimum Gasteiger partial charge on any atom is -0.328 e. The van der Waals surface area contributed by atoms with E-state index in [9.17, 15) is 0 Å². The predicted octanol–water partition coefficient (Wildman–Crippen LogP) is 3.03. The molecule has 3 nitrogen and oxygen atoms in total. The van der Waals surface area contributed by atoms with Crippen molar-refractivity contribution in [2.24, 2.45) is 5.73 Å². The van der Waals surface area contributed by atoms with Crippen LogP contribution in [0.4, 0.5) is 0 Å². The lowest BCUT2D eigenvalue weighted by Crippen LogP contribution is -2.18. The van der Waals surface area contributed by atoms with Crippen LogP contribution in [0.3, 0.4) is 0 Å². The zero-order chi connectivity index (χ0) is 13.3. The molecule has 0 saturated heterocycles. The van der Waals surface area contributed by atoms with E-state index in [1.165, 1.54) is 0 Å². The van der Waals surface area contributed by atoms with Gasteiger partial charge in [0.2, 0.25) is 0 Å². The predicted molar refractivity (Wildman–Crippen MR) is 75.4 cm³/mol. The highest BCUT2D eigenvalue weighted by molar-refractivity contribution is 6.31. The molecule has 1 unspecified atom stereocenters. The van der Waals surface area contributed by atoms with Crippen molar-refractivity contribution in [3.05, 3.63) is 46.2 Å². The Hall–Kier alpha value is -1.32. The number of rotatable bonds is 3. The van der Waals surface area contributed by atoms with E-state index < -0.39 is 0 Å². The van der Waals surface area contributed by atoms with Gasteiger partial charge in [-0.2, -0.15) is 5.10 Å². The van der Waals surface area contributed by atoms with Crippen LogP contribution in [-0.2, 0) is 6.42 Å². The van der Waals surface area contributed by atoms with E-state index in [1.54, 1.807) is 0 Å². The minimum absolute atomic E-state index is 0.113. The van der Waals surface area contributed by atoms with E-state index >= 15 is 0 Å². The Balaban J connectivity index is 2.37. The summed E-state index contributed by atoms with van der Waals surface area (Å²) in [4.78, 5) is 0. The molecule has 0 radical (unpaired) electrons. The van der Waals surface area contributed by atoms with Gasteiger partial charge in [-0.1, -0.05) is 17.7 Å². The molecule has 2 N–H and O–H groups in total. The van der Waals surface area contributed by atoms with Crippen molar-refractivity contribution in [1.29, 1.82) is 0 Å². The molecule has 0 amide bonds. The summed E-state index contributed by atoms with van der Waals surface area (Å²) in [6.07, 6.45) is 0.788. The second-order valence-corrected chi connectivity index (χ2v) is 5.20. The first kappa shape index (κ1) is 13.1. The van der Waals surface area contributed by atoms with E-state index in [1.807, 2.05) is 49.7 Å². The molecule has 2 aromatic rings. The Labute approximate surface area is 113 Å². The summed E-state index contributed by atoms with van der Waals surface area (Å²) < 4.78 is 1.90. The minimum atomic E-state index is 0.113. The van der Waals surface area contributed by atoms with Crippen LogP contribution in [0.1, 0.15) is 23.9 Å². The number of aryl methyl sites for hydroxylation is 2. The number of benzene rings is 1. The van der Waals surface area contributed by atoms with Gasteiger partial charge < -0.3 is 5.73 Å². The van der Waals surface area contributed by atoms with Crippen molar-refractivity contribution in [2.45, 2.75) is 33.2 Å². The Morgan fingerprint density at radius 3 is 2.56 bits per heavy atom. The van der Waals surface area contributed by atoms with Gasteiger partial charge in [0, 0.05) is 16.8 Å². The molecule has 1 heterocycles. The van der Waals surface area contributed by atoms with E-state index in [4.69, 9.17) is 17.3 Å². The quantitative estimate of drug-likeness (QED) is 0.925. The van der Waals surface area contributed by atoms with E-state index in [0.717, 1.165) is 34.1 Å². The van der Waals surface area contributed by atoms with Crippen LogP contribution in [-0.4, -0.2) is 15.8 Å². The maximum Gasteiger partial charge on any atom is 0.0663 e. The second kappa shape index (κ2) is 5.12. The fourth-order valence-electron chi connectivity index (χ4n) is 2.07. The van der Waals surface area contributed by atoms with E-state index in [2.05, 4.69) is 5.10 Å². The molecule has 1 atom stereocenters. The first-order valence-electron chi connectivity index (χ1n) is 6.05. The van der Waals surface area contributed by atoms with Gasteiger partial charge >= 0.3 is 0 Å². The summed E-state index contributed by atoms with van der Waals surface area (Å²) >= 11 is 6.29. The molecule has 96 valence electrons. The van der Waals surface area contributed by atoms with Gasteiger partial charge in [-0.15, -0.1) is 0 Å². The lowest BCUT2D eigenvalue weighted by molar-refractivity contribution is 0.737. The van der Waals surface area contributed by atoms with Crippen LogP contribution >= 0.6 is 11.6 Å². The van der Waals surface area contributed by atoms with E-state index in [-0.39, 0.29) is 6.04 Å². The topological polar surface area (TPSA) is 43.8 Å². The normalized spacial score (nSPS) is 12.7. The first-order chi connectivity index (χ1) is 8.47. The van der Waals surface area contributed by atoms with Crippen molar-refractivity contribution < 1.29 is 0 Å². The fourth-order valence-corrected chi connectivity index (χ4v) is 2.32. The highest BCUT2D eigenvalue weighted by atomic mass is 35.5. The third-order valence-electron chi connectivity index (χ3n) is 2.83. The first-order valence-corrected chi connectivity index (χ1v) is 6.43. The highest BCUT2D eigenvalue weighted by Crippen LogP contribution is 2.22. The Morgan fingerprint density at radius 1 is 1.33 bits per heavy atom. The van der Waals surface area contributed by atoms with Crippen LogP contribution in [0.25, 0.3) is 5.69 Å². The Morgan fingerprint density at radius 2 is 2.06 bits per heavy atom. The zero-order valence-electron chi connectivity index (χ0n) is 10.9. The highest BCUT2D eigenvalue weighted by Gasteiger charge is 2.08. The van der Waals surface area contributed by atoms with Gasteiger partial charge in [-0.05, 0) is 51.0 Å². The number of halogens is 1. The van der Waals surface area contributed by atoms with Gasteiger partial charge in [0.05, 0.1) is 11.4 Å². The molecule has 0 aliphatic rings. The number of hydrogen-bond donors (Lipinski definition) is 1.